The van der Waals surface area contributed by atoms with Gasteiger partial charge in [-0.3, -0.25) is 0 Å². The van der Waals surface area contributed by atoms with Crippen molar-refractivity contribution in [3.05, 3.63) is 60.2 Å². The average Bonchev–Trinajstić information content (AvgIpc) is 2.37. The Balaban J connectivity index is 1.99. The third kappa shape index (κ3) is 3.75. The van der Waals surface area contributed by atoms with Crippen molar-refractivity contribution in [1.82, 2.24) is 0 Å². The molecule has 2 aromatic carbocycles. The zero-order valence-corrected chi connectivity index (χ0v) is 10.6. The van der Waals surface area contributed by atoms with Crippen LogP contribution in [0.2, 0.25) is 0 Å². The van der Waals surface area contributed by atoms with Gasteiger partial charge in [0.2, 0.25) is 0 Å². The fraction of sp³-hybridized carbons (Fsp3) is 0.0714. The lowest BCUT2D eigenvalue weighted by atomic mass is 10.2. The summed E-state index contributed by atoms with van der Waals surface area (Å²) < 4.78 is 5.66. The summed E-state index contributed by atoms with van der Waals surface area (Å²) >= 11 is 4.80. The van der Waals surface area contributed by atoms with Gasteiger partial charge in [0.1, 0.15) is 12.4 Å². The van der Waals surface area contributed by atoms with Gasteiger partial charge < -0.3 is 15.8 Å². The Morgan fingerprint density at radius 1 is 1.11 bits per heavy atom. The lowest BCUT2D eigenvalue weighted by molar-refractivity contribution is 0.306. The van der Waals surface area contributed by atoms with Gasteiger partial charge in [0.15, 0.2) is 5.11 Å². The molecular weight excluding hydrogens is 244 g/mol. The highest BCUT2D eigenvalue weighted by Crippen LogP contribution is 2.14. The molecule has 18 heavy (non-hydrogen) atoms. The fourth-order valence-corrected chi connectivity index (χ4v) is 1.68. The Morgan fingerprint density at radius 2 is 1.89 bits per heavy atom. The monoisotopic (exact) mass is 258 g/mol. The molecule has 0 spiro atoms. The minimum Gasteiger partial charge on any atom is -0.489 e. The Kier molecular flexibility index (Phi) is 4.15. The Hall–Kier alpha value is -2.07. The van der Waals surface area contributed by atoms with E-state index >= 15 is 0 Å². The highest BCUT2D eigenvalue weighted by atomic mass is 32.1. The smallest absolute Gasteiger partial charge is 0.168 e. The van der Waals surface area contributed by atoms with E-state index < -0.39 is 0 Å². The lowest BCUT2D eigenvalue weighted by Crippen LogP contribution is -2.18. The number of nitrogens with two attached hydrogens (primary N) is 1. The lowest BCUT2D eigenvalue weighted by Gasteiger charge is -2.08. The summed E-state index contributed by atoms with van der Waals surface area (Å²) in [4.78, 5) is 0. The van der Waals surface area contributed by atoms with Crippen LogP contribution in [0.15, 0.2) is 54.6 Å². The number of nitrogens with one attached hydrogen (secondary N) is 1. The van der Waals surface area contributed by atoms with Gasteiger partial charge in [-0.15, -0.1) is 0 Å². The predicted octanol–water partition coefficient (Wildman–Crippen LogP) is 2.92. The second-order valence-electron chi connectivity index (χ2n) is 3.79. The molecule has 0 atom stereocenters. The van der Waals surface area contributed by atoms with Gasteiger partial charge in [0.25, 0.3) is 0 Å². The first-order valence-electron chi connectivity index (χ1n) is 5.57. The van der Waals surface area contributed by atoms with E-state index in [2.05, 4.69) is 5.32 Å². The summed E-state index contributed by atoms with van der Waals surface area (Å²) in [5.41, 5.74) is 7.36. The van der Waals surface area contributed by atoms with Crippen LogP contribution >= 0.6 is 12.2 Å². The Morgan fingerprint density at radius 3 is 2.61 bits per heavy atom. The quantitative estimate of drug-likeness (QED) is 0.828. The summed E-state index contributed by atoms with van der Waals surface area (Å²) in [6.45, 7) is 0.511. The summed E-state index contributed by atoms with van der Waals surface area (Å²) in [7, 11) is 0. The van der Waals surface area contributed by atoms with E-state index in [9.17, 15) is 0 Å². The number of anilines is 1. The van der Waals surface area contributed by atoms with Crippen LogP contribution in [0.5, 0.6) is 5.75 Å². The SMILES string of the molecule is NC(=S)Nc1cccc(COc2ccccc2)c1. The predicted molar refractivity (Wildman–Crippen MR) is 77.6 cm³/mol. The summed E-state index contributed by atoms with van der Waals surface area (Å²) in [5.74, 6) is 0.852. The molecule has 92 valence electrons. The van der Waals surface area contributed by atoms with Gasteiger partial charge in [-0.2, -0.15) is 0 Å². The molecule has 3 nitrogen and oxygen atoms in total. The molecule has 0 amide bonds. The van der Waals surface area contributed by atoms with Gasteiger partial charge in [0.05, 0.1) is 0 Å². The molecule has 0 unspecified atom stereocenters. The molecular formula is C14H14N2OS. The van der Waals surface area contributed by atoms with Crippen LogP contribution in [0.3, 0.4) is 0 Å². The number of ether oxygens (including phenoxy) is 1. The van der Waals surface area contributed by atoms with E-state index in [1.54, 1.807) is 0 Å². The van der Waals surface area contributed by atoms with E-state index in [0.29, 0.717) is 6.61 Å². The maximum absolute atomic E-state index is 5.66. The molecule has 0 bridgehead atoms. The normalized spacial score (nSPS) is 9.78. The van der Waals surface area contributed by atoms with E-state index in [-0.39, 0.29) is 5.11 Å². The van der Waals surface area contributed by atoms with Crippen LogP contribution in [-0.2, 0) is 6.61 Å². The van der Waals surface area contributed by atoms with Crippen LogP contribution in [0.1, 0.15) is 5.56 Å². The molecule has 0 saturated carbocycles. The van der Waals surface area contributed by atoms with Gasteiger partial charge in [0, 0.05) is 5.69 Å². The maximum atomic E-state index is 5.66. The van der Waals surface area contributed by atoms with Crippen molar-refractivity contribution in [2.45, 2.75) is 6.61 Å². The Bertz CT molecular complexity index is 528. The zero-order chi connectivity index (χ0) is 12.8. The third-order valence-corrected chi connectivity index (χ3v) is 2.45. The van der Waals surface area contributed by atoms with Crippen molar-refractivity contribution in [1.29, 1.82) is 0 Å². The molecule has 0 aliphatic carbocycles. The van der Waals surface area contributed by atoms with E-state index in [4.69, 9.17) is 22.7 Å². The van der Waals surface area contributed by atoms with Crippen LogP contribution in [-0.4, -0.2) is 5.11 Å². The highest BCUT2D eigenvalue weighted by Gasteiger charge is 1.98. The van der Waals surface area contributed by atoms with Crippen molar-refractivity contribution in [2.75, 3.05) is 5.32 Å². The molecule has 4 heteroatoms. The topological polar surface area (TPSA) is 47.3 Å². The van der Waals surface area contributed by atoms with Gasteiger partial charge in [-0.1, -0.05) is 30.3 Å². The van der Waals surface area contributed by atoms with Crippen molar-refractivity contribution >= 4 is 23.0 Å². The van der Waals surface area contributed by atoms with E-state index in [1.807, 2.05) is 54.6 Å². The van der Waals surface area contributed by atoms with Crippen molar-refractivity contribution in [3.8, 4) is 5.75 Å². The molecule has 0 radical (unpaired) electrons. The zero-order valence-electron chi connectivity index (χ0n) is 9.80. The largest absolute Gasteiger partial charge is 0.489 e. The second-order valence-corrected chi connectivity index (χ2v) is 4.23. The number of rotatable bonds is 4. The fourth-order valence-electron chi connectivity index (χ4n) is 1.56. The average molecular weight is 258 g/mol. The molecule has 0 aromatic heterocycles. The summed E-state index contributed by atoms with van der Waals surface area (Å²) in [5, 5.41) is 3.16. The van der Waals surface area contributed by atoms with Crippen LogP contribution < -0.4 is 15.8 Å². The van der Waals surface area contributed by atoms with Crippen LogP contribution in [0.4, 0.5) is 5.69 Å². The third-order valence-electron chi connectivity index (χ3n) is 2.34. The molecule has 0 fully saturated rings. The maximum Gasteiger partial charge on any atom is 0.168 e. The highest BCUT2D eigenvalue weighted by molar-refractivity contribution is 7.80. The van der Waals surface area contributed by atoms with Crippen LogP contribution in [0.25, 0.3) is 0 Å². The van der Waals surface area contributed by atoms with Crippen molar-refractivity contribution in [3.63, 3.8) is 0 Å². The number of hydrogen-bond acceptors (Lipinski definition) is 2. The van der Waals surface area contributed by atoms with E-state index in [0.717, 1.165) is 17.0 Å². The summed E-state index contributed by atoms with van der Waals surface area (Å²) in [6.07, 6.45) is 0. The molecule has 0 aliphatic rings. The molecule has 2 rings (SSSR count). The standard InChI is InChI=1S/C14H14N2OS/c15-14(18)16-12-6-4-5-11(9-12)10-17-13-7-2-1-3-8-13/h1-9H,10H2,(H3,15,16,18). The molecule has 0 heterocycles. The van der Waals surface area contributed by atoms with Crippen molar-refractivity contribution < 1.29 is 4.74 Å². The van der Waals surface area contributed by atoms with Gasteiger partial charge in [-0.25, -0.2) is 0 Å². The van der Waals surface area contributed by atoms with E-state index in [1.165, 1.54) is 0 Å². The number of para-hydroxylation sites is 1. The first kappa shape index (κ1) is 12.4. The Labute approximate surface area is 112 Å². The molecule has 0 aliphatic heterocycles. The number of benzene rings is 2. The minimum atomic E-state index is 0.260. The minimum absolute atomic E-state index is 0.260. The molecule has 2 aromatic rings. The van der Waals surface area contributed by atoms with Crippen LogP contribution in [0, 0.1) is 0 Å². The van der Waals surface area contributed by atoms with Crippen molar-refractivity contribution in [2.24, 2.45) is 5.73 Å². The van der Waals surface area contributed by atoms with Gasteiger partial charge >= 0.3 is 0 Å². The molecule has 3 N–H and O–H groups in total. The first-order chi connectivity index (χ1) is 8.74. The van der Waals surface area contributed by atoms with Gasteiger partial charge in [-0.05, 0) is 42.0 Å². The molecule has 0 saturated heterocycles. The second kappa shape index (κ2) is 6.02. The summed E-state index contributed by atoms with van der Waals surface area (Å²) in [6, 6.07) is 17.5. The first-order valence-corrected chi connectivity index (χ1v) is 5.98. The number of hydrogen-bond donors (Lipinski definition) is 2. The number of thiocarbonyl (C=S) groups is 1.